The van der Waals surface area contributed by atoms with Gasteiger partial charge in [-0.05, 0) is 38.1 Å². The van der Waals surface area contributed by atoms with E-state index < -0.39 is 0 Å². The zero-order chi connectivity index (χ0) is 26.0. The molecule has 2 aromatic carbocycles. The summed E-state index contributed by atoms with van der Waals surface area (Å²) in [6, 6.07) is 21.5. The molecule has 1 aromatic heterocycles. The quantitative estimate of drug-likeness (QED) is 0.484. The van der Waals surface area contributed by atoms with Crippen LogP contribution in [0.1, 0.15) is 30.0 Å². The predicted octanol–water partition coefficient (Wildman–Crippen LogP) is 4.16. The van der Waals surface area contributed by atoms with Crippen LogP contribution in [-0.4, -0.2) is 55.3 Å². The molecular formula is C29H38N4O3. The summed E-state index contributed by atoms with van der Waals surface area (Å²) in [5, 5.41) is 6.01. The molecule has 0 saturated carbocycles. The number of aryl methyl sites for hydroxylation is 2. The molecule has 1 aliphatic heterocycles. The van der Waals surface area contributed by atoms with Gasteiger partial charge in [-0.1, -0.05) is 60.2 Å². The second kappa shape index (κ2) is 17.0. The number of rotatable bonds is 7. The number of pyridine rings is 1. The predicted molar refractivity (Wildman–Crippen MR) is 144 cm³/mol. The maximum Gasteiger partial charge on any atom is 0.224 e. The summed E-state index contributed by atoms with van der Waals surface area (Å²) in [6.45, 7) is 8.65. The van der Waals surface area contributed by atoms with Gasteiger partial charge in [0.05, 0.1) is 0 Å². The highest BCUT2D eigenvalue weighted by molar-refractivity contribution is 5.72. The number of nitrogens with one attached hydrogen (secondary N) is 2. The highest BCUT2D eigenvalue weighted by Gasteiger charge is 2.09. The van der Waals surface area contributed by atoms with Crippen molar-refractivity contribution in [3.05, 3.63) is 89.6 Å². The van der Waals surface area contributed by atoms with Gasteiger partial charge in [0.15, 0.2) is 0 Å². The van der Waals surface area contributed by atoms with E-state index in [4.69, 9.17) is 4.74 Å². The second-order valence-corrected chi connectivity index (χ2v) is 8.50. The van der Waals surface area contributed by atoms with Crippen molar-refractivity contribution in [1.82, 2.24) is 20.5 Å². The van der Waals surface area contributed by atoms with Crippen LogP contribution in [0.15, 0.2) is 72.9 Å². The molecule has 0 spiro atoms. The van der Waals surface area contributed by atoms with Crippen molar-refractivity contribution in [2.75, 3.05) is 33.2 Å². The highest BCUT2D eigenvalue weighted by atomic mass is 16.5. The third-order valence-electron chi connectivity index (χ3n) is 5.37. The average Bonchev–Trinajstić information content (AvgIpc) is 2.89. The molecule has 3 aromatic rings. The fraction of sp³-hybridized carbons (Fsp3) is 0.345. The lowest BCUT2D eigenvalue weighted by atomic mass is 10.1. The molecule has 2 N–H and O–H groups in total. The summed E-state index contributed by atoms with van der Waals surface area (Å²) in [6.07, 6.45) is 3.59. The summed E-state index contributed by atoms with van der Waals surface area (Å²) in [4.78, 5) is 28.2. The smallest absolute Gasteiger partial charge is 0.224 e. The number of ether oxygens (including phenoxy) is 1. The van der Waals surface area contributed by atoms with Crippen molar-refractivity contribution in [3.63, 3.8) is 0 Å². The van der Waals surface area contributed by atoms with Crippen LogP contribution in [-0.2, 0) is 22.6 Å². The number of likely N-dealkylation sites (N-methyl/N-ethyl adjacent to an activating group) is 1. The van der Waals surface area contributed by atoms with E-state index >= 15 is 0 Å². The van der Waals surface area contributed by atoms with Crippen molar-refractivity contribution in [2.24, 2.45) is 0 Å². The van der Waals surface area contributed by atoms with Crippen molar-refractivity contribution in [2.45, 2.75) is 33.2 Å². The Morgan fingerprint density at radius 2 is 1.69 bits per heavy atom. The van der Waals surface area contributed by atoms with Crippen molar-refractivity contribution < 1.29 is 14.3 Å². The van der Waals surface area contributed by atoms with E-state index in [9.17, 15) is 9.59 Å². The Morgan fingerprint density at radius 1 is 1.03 bits per heavy atom. The van der Waals surface area contributed by atoms with Gasteiger partial charge in [0, 0.05) is 57.8 Å². The Hall–Kier alpha value is -3.55. The van der Waals surface area contributed by atoms with E-state index in [2.05, 4.69) is 46.6 Å². The third kappa shape index (κ3) is 11.7. The maximum absolute atomic E-state index is 11.1. The van der Waals surface area contributed by atoms with Crippen LogP contribution in [0.5, 0.6) is 11.6 Å². The first-order valence-electron chi connectivity index (χ1n) is 12.3. The zero-order valence-corrected chi connectivity index (χ0v) is 21.6. The molecule has 1 saturated heterocycles. The minimum absolute atomic E-state index is 0.110. The number of amides is 1. The molecule has 4 rings (SSSR count). The molecule has 7 heteroatoms. The Bertz CT molecular complexity index is 1040. The first kappa shape index (κ1) is 28.7. The lowest BCUT2D eigenvalue weighted by Gasteiger charge is -2.21. The normalized spacial score (nSPS) is 12.8. The number of hydrogen-bond donors (Lipinski definition) is 2. The molecular weight excluding hydrogens is 452 g/mol. The molecule has 36 heavy (non-hydrogen) atoms. The summed E-state index contributed by atoms with van der Waals surface area (Å²) in [7, 11) is 2.15. The van der Waals surface area contributed by atoms with Gasteiger partial charge in [0.2, 0.25) is 11.8 Å². The molecule has 192 valence electrons. The van der Waals surface area contributed by atoms with E-state index in [-0.39, 0.29) is 5.91 Å². The van der Waals surface area contributed by atoms with Gasteiger partial charge >= 0.3 is 0 Å². The number of para-hydroxylation sites is 1. The van der Waals surface area contributed by atoms with E-state index in [1.807, 2.05) is 48.5 Å². The maximum atomic E-state index is 11.1. The van der Waals surface area contributed by atoms with Gasteiger partial charge in [0.25, 0.3) is 0 Å². The molecule has 0 bridgehead atoms. The number of aldehydes is 1. The van der Waals surface area contributed by atoms with E-state index in [1.54, 1.807) is 12.3 Å². The number of piperazine rings is 1. The zero-order valence-electron chi connectivity index (χ0n) is 21.6. The van der Waals surface area contributed by atoms with E-state index in [0.29, 0.717) is 31.0 Å². The van der Waals surface area contributed by atoms with Crippen LogP contribution in [0.3, 0.4) is 0 Å². The Morgan fingerprint density at radius 3 is 2.28 bits per heavy atom. The largest absolute Gasteiger partial charge is 0.438 e. The number of carbonyl (C=O) groups is 2. The van der Waals surface area contributed by atoms with E-state index in [0.717, 1.165) is 30.5 Å². The minimum atomic E-state index is -0.110. The van der Waals surface area contributed by atoms with Crippen LogP contribution < -0.4 is 15.4 Å². The van der Waals surface area contributed by atoms with Crippen LogP contribution in [0, 0.1) is 6.92 Å². The fourth-order valence-electron chi connectivity index (χ4n) is 3.31. The molecule has 7 nitrogen and oxygen atoms in total. The first-order chi connectivity index (χ1) is 17.5. The number of hydrogen-bond acceptors (Lipinski definition) is 6. The van der Waals surface area contributed by atoms with Crippen molar-refractivity contribution in [1.29, 1.82) is 0 Å². The molecule has 2 heterocycles. The molecule has 0 unspecified atom stereocenters. The summed E-state index contributed by atoms with van der Waals surface area (Å²) < 4.78 is 5.89. The topological polar surface area (TPSA) is 83.6 Å². The van der Waals surface area contributed by atoms with Gasteiger partial charge in [-0.2, -0.15) is 0 Å². The molecule has 0 aliphatic carbocycles. The number of benzene rings is 2. The van der Waals surface area contributed by atoms with Crippen molar-refractivity contribution in [3.8, 4) is 11.6 Å². The summed E-state index contributed by atoms with van der Waals surface area (Å²) in [5.74, 6) is 1.02. The highest BCUT2D eigenvalue weighted by Crippen LogP contribution is 2.27. The monoisotopic (exact) mass is 490 g/mol. The van der Waals surface area contributed by atoms with Crippen LogP contribution in [0.4, 0.5) is 0 Å². The first-order valence-corrected chi connectivity index (χ1v) is 12.3. The van der Waals surface area contributed by atoms with Gasteiger partial charge < -0.3 is 25.1 Å². The standard InChI is InChI=1S/C17H18N2O3.C7H8.C5H12N2/c1-13(21)19-12-15-7-4-10-18-17(15)22-16-9-3-2-6-14(16)8-5-11-20;1-7-5-3-2-4-6-7;1-7-4-2-6-3-5-7/h2-4,6-7,9-11H,5,8,12H2,1H3,(H,19,21);2-6H,1H3;6H,2-5H2,1H3. The Labute approximate surface area is 214 Å². The molecule has 1 fully saturated rings. The van der Waals surface area contributed by atoms with Crippen LogP contribution in [0.25, 0.3) is 0 Å². The summed E-state index contributed by atoms with van der Waals surface area (Å²) in [5.41, 5.74) is 3.07. The summed E-state index contributed by atoms with van der Waals surface area (Å²) >= 11 is 0. The van der Waals surface area contributed by atoms with Crippen LogP contribution in [0.2, 0.25) is 0 Å². The SMILES string of the molecule is CC(=O)NCc1cccnc1Oc1ccccc1CCC=O.CN1CCNCC1.Cc1ccccc1. The van der Waals surface area contributed by atoms with Crippen molar-refractivity contribution >= 4 is 12.2 Å². The van der Waals surface area contributed by atoms with Gasteiger partial charge in [-0.25, -0.2) is 4.98 Å². The number of aromatic nitrogens is 1. The number of nitrogens with zero attached hydrogens (tertiary/aromatic N) is 2. The molecule has 1 amide bonds. The van der Waals surface area contributed by atoms with E-state index in [1.165, 1.54) is 25.6 Å². The minimum Gasteiger partial charge on any atom is -0.438 e. The Balaban J connectivity index is 0.000000262. The molecule has 1 aliphatic rings. The number of carbonyl (C=O) groups excluding carboxylic acids is 2. The van der Waals surface area contributed by atoms with Gasteiger partial charge in [-0.3, -0.25) is 4.79 Å². The van der Waals surface area contributed by atoms with Gasteiger partial charge in [0.1, 0.15) is 12.0 Å². The van der Waals surface area contributed by atoms with Gasteiger partial charge in [-0.15, -0.1) is 0 Å². The third-order valence-corrected chi connectivity index (χ3v) is 5.37. The lowest BCUT2D eigenvalue weighted by molar-refractivity contribution is -0.119. The van der Waals surface area contributed by atoms with Crippen LogP contribution >= 0.6 is 0 Å². The molecule has 0 atom stereocenters. The second-order valence-electron chi connectivity index (χ2n) is 8.50. The Kier molecular flexibility index (Phi) is 13.5. The molecule has 0 radical (unpaired) electrons. The lowest BCUT2D eigenvalue weighted by Crippen LogP contribution is -2.40. The fourth-order valence-corrected chi connectivity index (χ4v) is 3.31. The average molecular weight is 491 g/mol.